The topological polar surface area (TPSA) is 20.3 Å². The van der Waals surface area contributed by atoms with Gasteiger partial charge in [-0.1, -0.05) is 18.2 Å². The molecular formula is C8H8ClNOS. The molecule has 0 spiro atoms. The van der Waals surface area contributed by atoms with Crippen LogP contribution in [0.4, 0.5) is 10.5 Å². The van der Waals surface area contributed by atoms with Crippen molar-refractivity contribution >= 4 is 34.6 Å². The molecule has 12 heavy (non-hydrogen) atoms. The van der Waals surface area contributed by atoms with Crippen LogP contribution in [0.2, 0.25) is 0 Å². The van der Waals surface area contributed by atoms with E-state index in [0.717, 1.165) is 5.69 Å². The lowest BCUT2D eigenvalue weighted by Crippen LogP contribution is -2.15. The summed E-state index contributed by atoms with van der Waals surface area (Å²) in [5, 5.41) is -0.478. The van der Waals surface area contributed by atoms with Crippen LogP contribution < -0.4 is 4.31 Å². The average Bonchev–Trinajstić information content (AvgIpc) is 2.07. The number of carbonyl (C=O) groups is 1. The minimum Gasteiger partial charge on any atom is -0.254 e. The van der Waals surface area contributed by atoms with E-state index < -0.39 is 5.37 Å². The van der Waals surface area contributed by atoms with Crippen LogP contribution in [0.25, 0.3) is 0 Å². The van der Waals surface area contributed by atoms with Crippen LogP contribution in [-0.4, -0.2) is 11.6 Å². The fourth-order valence-electron chi connectivity index (χ4n) is 0.842. The first kappa shape index (κ1) is 9.42. The summed E-state index contributed by atoms with van der Waals surface area (Å²) in [6.07, 6.45) is 1.80. The summed E-state index contributed by atoms with van der Waals surface area (Å²) >= 11 is 6.63. The van der Waals surface area contributed by atoms with Crippen molar-refractivity contribution in [1.29, 1.82) is 0 Å². The van der Waals surface area contributed by atoms with E-state index in [2.05, 4.69) is 0 Å². The third-order valence-electron chi connectivity index (χ3n) is 1.33. The summed E-state index contributed by atoms with van der Waals surface area (Å²) in [6, 6.07) is 9.27. The Bertz CT molecular complexity index is 265. The molecule has 1 aromatic rings. The Morgan fingerprint density at radius 3 is 2.42 bits per heavy atom. The Kier molecular flexibility index (Phi) is 3.44. The van der Waals surface area contributed by atoms with Gasteiger partial charge in [0.1, 0.15) is 0 Å². The predicted octanol–water partition coefficient (Wildman–Crippen LogP) is 3.13. The molecule has 2 nitrogen and oxygen atoms in total. The number of hydrogen-bond donors (Lipinski definition) is 0. The van der Waals surface area contributed by atoms with Gasteiger partial charge in [-0.3, -0.25) is 4.79 Å². The van der Waals surface area contributed by atoms with Gasteiger partial charge in [0, 0.05) is 6.26 Å². The maximum Gasteiger partial charge on any atom is 0.330 e. The Labute approximate surface area is 80.6 Å². The molecule has 0 aromatic heterocycles. The van der Waals surface area contributed by atoms with Gasteiger partial charge in [-0.15, -0.1) is 0 Å². The zero-order valence-electron chi connectivity index (χ0n) is 6.53. The molecule has 0 radical (unpaired) electrons. The van der Waals surface area contributed by atoms with E-state index in [1.807, 2.05) is 30.3 Å². The zero-order chi connectivity index (χ0) is 8.97. The molecule has 0 unspecified atom stereocenters. The van der Waals surface area contributed by atoms with Crippen LogP contribution in [-0.2, 0) is 0 Å². The van der Waals surface area contributed by atoms with Crippen LogP contribution in [0, 0.1) is 0 Å². The number of hydrogen-bond acceptors (Lipinski definition) is 2. The van der Waals surface area contributed by atoms with E-state index in [-0.39, 0.29) is 0 Å². The molecule has 1 amide bonds. The lowest BCUT2D eigenvalue weighted by molar-refractivity contribution is 0.267. The highest BCUT2D eigenvalue weighted by atomic mass is 35.5. The first-order valence-electron chi connectivity index (χ1n) is 3.34. The zero-order valence-corrected chi connectivity index (χ0v) is 8.10. The van der Waals surface area contributed by atoms with Gasteiger partial charge in [0.25, 0.3) is 0 Å². The van der Waals surface area contributed by atoms with E-state index >= 15 is 0 Å². The van der Waals surface area contributed by atoms with Crippen molar-refractivity contribution in [2.24, 2.45) is 0 Å². The molecule has 64 valence electrons. The molecule has 0 N–H and O–H groups in total. The van der Waals surface area contributed by atoms with Crippen molar-refractivity contribution in [1.82, 2.24) is 0 Å². The van der Waals surface area contributed by atoms with Crippen molar-refractivity contribution in [3.8, 4) is 0 Å². The van der Waals surface area contributed by atoms with Crippen LogP contribution in [0.15, 0.2) is 30.3 Å². The quantitative estimate of drug-likeness (QED) is 0.416. The molecule has 1 aromatic carbocycles. The fraction of sp³-hybridized carbons (Fsp3) is 0.125. The molecule has 1 rings (SSSR count). The number of benzene rings is 1. The summed E-state index contributed by atoms with van der Waals surface area (Å²) in [7, 11) is 0. The second-order valence-electron chi connectivity index (χ2n) is 2.07. The summed E-state index contributed by atoms with van der Waals surface area (Å²) < 4.78 is 1.42. The molecule has 0 aliphatic carbocycles. The summed E-state index contributed by atoms with van der Waals surface area (Å²) in [6.45, 7) is 0. The number of rotatable bonds is 2. The summed E-state index contributed by atoms with van der Waals surface area (Å²) in [4.78, 5) is 10.8. The molecule has 0 atom stereocenters. The van der Waals surface area contributed by atoms with Crippen LogP contribution in [0.1, 0.15) is 0 Å². The second-order valence-corrected chi connectivity index (χ2v) is 3.12. The normalized spacial score (nSPS) is 9.50. The second kappa shape index (κ2) is 4.38. The highest BCUT2D eigenvalue weighted by Crippen LogP contribution is 2.21. The molecule has 0 saturated carbocycles. The molecular weight excluding hydrogens is 194 g/mol. The molecule has 0 aliphatic heterocycles. The first-order chi connectivity index (χ1) is 5.75. The molecule has 0 saturated heterocycles. The van der Waals surface area contributed by atoms with E-state index in [1.54, 1.807) is 6.26 Å². The number of amides is 1. The maximum atomic E-state index is 10.8. The monoisotopic (exact) mass is 201 g/mol. The predicted molar refractivity (Wildman–Crippen MR) is 53.7 cm³/mol. The molecule has 0 bridgehead atoms. The highest BCUT2D eigenvalue weighted by Gasteiger charge is 2.10. The Morgan fingerprint density at radius 2 is 2.00 bits per heavy atom. The van der Waals surface area contributed by atoms with Gasteiger partial charge >= 0.3 is 5.37 Å². The van der Waals surface area contributed by atoms with Gasteiger partial charge in [0.2, 0.25) is 0 Å². The van der Waals surface area contributed by atoms with Gasteiger partial charge < -0.3 is 0 Å². The lowest BCUT2D eigenvalue weighted by Gasteiger charge is -2.14. The summed E-state index contributed by atoms with van der Waals surface area (Å²) in [5.41, 5.74) is 0.796. The molecule has 0 aliphatic rings. The standard InChI is InChI=1S/C8H8ClNOS/c1-12-10(8(9)11)7-5-3-2-4-6-7/h2-6H,1H3. The highest BCUT2D eigenvalue weighted by molar-refractivity contribution is 8.00. The Balaban J connectivity index is 2.88. The minimum atomic E-state index is -0.478. The number of para-hydroxylation sites is 1. The SMILES string of the molecule is CSN(C(=O)Cl)c1ccccc1. The smallest absolute Gasteiger partial charge is 0.254 e. The molecule has 0 fully saturated rings. The van der Waals surface area contributed by atoms with Gasteiger partial charge in [0.15, 0.2) is 0 Å². The van der Waals surface area contributed by atoms with Crippen molar-refractivity contribution in [3.05, 3.63) is 30.3 Å². The van der Waals surface area contributed by atoms with E-state index in [0.29, 0.717) is 0 Å². The first-order valence-corrected chi connectivity index (χ1v) is 4.90. The number of halogens is 1. The van der Waals surface area contributed by atoms with E-state index in [9.17, 15) is 4.79 Å². The van der Waals surface area contributed by atoms with E-state index in [4.69, 9.17) is 11.6 Å². The van der Waals surface area contributed by atoms with Crippen molar-refractivity contribution in [3.63, 3.8) is 0 Å². The molecule has 4 heteroatoms. The number of nitrogens with zero attached hydrogens (tertiary/aromatic N) is 1. The van der Waals surface area contributed by atoms with Gasteiger partial charge in [-0.25, -0.2) is 4.31 Å². The third kappa shape index (κ3) is 2.16. The van der Waals surface area contributed by atoms with Crippen LogP contribution >= 0.6 is 23.5 Å². The molecule has 0 heterocycles. The van der Waals surface area contributed by atoms with Crippen molar-refractivity contribution in [2.45, 2.75) is 0 Å². The van der Waals surface area contributed by atoms with Gasteiger partial charge in [-0.2, -0.15) is 0 Å². The van der Waals surface area contributed by atoms with Crippen LogP contribution in [0.5, 0.6) is 0 Å². The van der Waals surface area contributed by atoms with Crippen molar-refractivity contribution in [2.75, 3.05) is 10.6 Å². The summed E-state index contributed by atoms with van der Waals surface area (Å²) in [5.74, 6) is 0. The fourth-order valence-corrected chi connectivity index (χ4v) is 1.62. The average molecular weight is 202 g/mol. The van der Waals surface area contributed by atoms with Gasteiger partial charge in [0.05, 0.1) is 5.69 Å². The van der Waals surface area contributed by atoms with Crippen LogP contribution in [0.3, 0.4) is 0 Å². The minimum absolute atomic E-state index is 0.478. The van der Waals surface area contributed by atoms with Crippen molar-refractivity contribution < 1.29 is 4.79 Å². The maximum absolute atomic E-state index is 10.8. The number of anilines is 1. The Hall–Kier alpha value is -0.670. The lowest BCUT2D eigenvalue weighted by atomic mass is 10.3. The third-order valence-corrected chi connectivity index (χ3v) is 2.34. The van der Waals surface area contributed by atoms with E-state index in [1.165, 1.54) is 16.3 Å². The largest absolute Gasteiger partial charge is 0.330 e. The Morgan fingerprint density at radius 1 is 1.42 bits per heavy atom. The number of carbonyl (C=O) groups excluding carboxylic acids is 1. The van der Waals surface area contributed by atoms with Gasteiger partial charge in [-0.05, 0) is 35.7 Å².